The molecule has 1 aromatic carbocycles. The molecule has 5 heteroatoms. The van der Waals surface area contributed by atoms with Crippen molar-refractivity contribution in [3.8, 4) is 0 Å². The average molecular weight is 308 g/mol. The smallest absolute Gasteiger partial charge is 0.258 e. The predicted molar refractivity (Wildman–Crippen MR) is 74.7 cm³/mol. The molecule has 0 saturated heterocycles. The molecule has 0 spiro atoms. The second-order valence-electron chi connectivity index (χ2n) is 3.99. The minimum Gasteiger partial charge on any atom is -0.305 e. The minimum absolute atomic E-state index is 0.160. The van der Waals surface area contributed by atoms with E-state index in [2.05, 4.69) is 26.3 Å². The Hall–Kier alpha value is -1.62. The quantitative estimate of drug-likeness (QED) is 0.946. The van der Waals surface area contributed by atoms with Crippen molar-refractivity contribution in [1.29, 1.82) is 0 Å². The number of benzene rings is 1. The summed E-state index contributed by atoms with van der Waals surface area (Å²) in [5.74, 6) is 0.405. The van der Waals surface area contributed by atoms with Crippen molar-refractivity contribution in [3.05, 3.63) is 46.1 Å². The first-order valence-electron chi connectivity index (χ1n) is 5.71. The number of nitrogens with one attached hydrogen (secondary N) is 1. The third-order valence-corrected chi connectivity index (χ3v) is 3.26. The van der Waals surface area contributed by atoms with Crippen molar-refractivity contribution in [2.24, 2.45) is 0 Å². The number of hydrogen-bond donors (Lipinski definition) is 1. The third kappa shape index (κ3) is 2.79. The van der Waals surface area contributed by atoms with E-state index >= 15 is 0 Å². The van der Waals surface area contributed by atoms with Crippen LogP contribution in [0.4, 0.5) is 5.82 Å². The Kier molecular flexibility index (Phi) is 3.81. The molecule has 0 bridgehead atoms. The zero-order valence-corrected chi connectivity index (χ0v) is 11.9. The molecule has 0 unspecified atom stereocenters. The molecule has 0 atom stereocenters. The maximum atomic E-state index is 12.1. The fourth-order valence-electron chi connectivity index (χ4n) is 1.60. The summed E-state index contributed by atoms with van der Waals surface area (Å²) in [4.78, 5) is 12.1. The van der Waals surface area contributed by atoms with Crippen LogP contribution < -0.4 is 5.32 Å². The van der Waals surface area contributed by atoms with Gasteiger partial charge in [-0.2, -0.15) is 5.10 Å². The first kappa shape index (κ1) is 12.8. The van der Waals surface area contributed by atoms with Gasteiger partial charge < -0.3 is 5.32 Å². The third-order valence-electron chi connectivity index (χ3n) is 2.57. The van der Waals surface area contributed by atoms with Gasteiger partial charge in [0.05, 0.1) is 5.56 Å². The molecule has 0 aliphatic carbocycles. The van der Waals surface area contributed by atoms with Crippen LogP contribution in [0.25, 0.3) is 0 Å². The van der Waals surface area contributed by atoms with Gasteiger partial charge in [-0.05, 0) is 41.9 Å². The molecule has 0 saturated carbocycles. The van der Waals surface area contributed by atoms with Crippen LogP contribution in [0.5, 0.6) is 0 Å². The van der Waals surface area contributed by atoms with Gasteiger partial charge in [0, 0.05) is 23.3 Å². The van der Waals surface area contributed by atoms with E-state index in [0.717, 1.165) is 16.6 Å². The Balaban J connectivity index is 2.19. The molecule has 1 amide bonds. The molecule has 2 rings (SSSR count). The van der Waals surface area contributed by atoms with E-state index in [1.165, 1.54) is 0 Å². The number of aryl methyl sites for hydroxylation is 2. The van der Waals surface area contributed by atoms with Crippen LogP contribution in [0.3, 0.4) is 0 Å². The highest BCUT2D eigenvalue weighted by molar-refractivity contribution is 9.10. The van der Waals surface area contributed by atoms with Crippen LogP contribution in [0.1, 0.15) is 22.8 Å². The summed E-state index contributed by atoms with van der Waals surface area (Å²) in [6.07, 6.45) is 1.83. The summed E-state index contributed by atoms with van der Waals surface area (Å²) in [5, 5.41) is 7.00. The number of amides is 1. The van der Waals surface area contributed by atoms with Crippen LogP contribution in [0.2, 0.25) is 0 Å². The van der Waals surface area contributed by atoms with Gasteiger partial charge in [-0.1, -0.05) is 11.6 Å². The maximum Gasteiger partial charge on any atom is 0.258 e. The Morgan fingerprint density at radius 1 is 1.44 bits per heavy atom. The van der Waals surface area contributed by atoms with E-state index in [9.17, 15) is 4.79 Å². The Morgan fingerprint density at radius 3 is 2.89 bits per heavy atom. The molecule has 2 aromatic rings. The summed E-state index contributed by atoms with van der Waals surface area (Å²) in [5.41, 5.74) is 1.66. The number of anilines is 1. The van der Waals surface area contributed by atoms with Gasteiger partial charge in [-0.15, -0.1) is 0 Å². The van der Waals surface area contributed by atoms with Crippen LogP contribution in [-0.4, -0.2) is 15.7 Å². The molecule has 1 heterocycles. The topological polar surface area (TPSA) is 46.9 Å². The lowest BCUT2D eigenvalue weighted by molar-refractivity contribution is 0.102. The van der Waals surface area contributed by atoms with Gasteiger partial charge in [0.2, 0.25) is 0 Å². The lowest BCUT2D eigenvalue weighted by Gasteiger charge is -2.05. The van der Waals surface area contributed by atoms with Gasteiger partial charge in [0.1, 0.15) is 0 Å². The number of carbonyl (C=O) groups excluding carboxylic acids is 1. The van der Waals surface area contributed by atoms with Crippen LogP contribution in [0, 0.1) is 6.92 Å². The van der Waals surface area contributed by atoms with Crippen LogP contribution in [-0.2, 0) is 6.54 Å². The van der Waals surface area contributed by atoms with E-state index in [4.69, 9.17) is 0 Å². The van der Waals surface area contributed by atoms with Crippen molar-refractivity contribution in [3.63, 3.8) is 0 Å². The Bertz CT molecular complexity index is 577. The second-order valence-corrected chi connectivity index (χ2v) is 4.85. The second kappa shape index (κ2) is 5.35. The lowest BCUT2D eigenvalue weighted by Crippen LogP contribution is -2.13. The molecule has 1 N–H and O–H groups in total. The van der Waals surface area contributed by atoms with Crippen molar-refractivity contribution < 1.29 is 4.79 Å². The highest BCUT2D eigenvalue weighted by Crippen LogP contribution is 2.19. The number of aromatic nitrogens is 2. The van der Waals surface area contributed by atoms with E-state index < -0.39 is 0 Å². The molecule has 1 aromatic heterocycles. The number of halogens is 1. The van der Waals surface area contributed by atoms with Gasteiger partial charge in [-0.3, -0.25) is 9.48 Å². The van der Waals surface area contributed by atoms with Gasteiger partial charge >= 0.3 is 0 Å². The number of rotatable bonds is 3. The summed E-state index contributed by atoms with van der Waals surface area (Å²) in [7, 11) is 0. The highest BCUT2D eigenvalue weighted by atomic mass is 79.9. The molecule has 0 aliphatic rings. The summed E-state index contributed by atoms with van der Waals surface area (Å²) in [6.45, 7) is 4.73. The van der Waals surface area contributed by atoms with Crippen LogP contribution in [0.15, 0.2) is 34.9 Å². The normalized spacial score (nSPS) is 10.4. The van der Waals surface area contributed by atoms with E-state index in [1.807, 2.05) is 38.2 Å². The van der Waals surface area contributed by atoms with Gasteiger partial charge in [0.15, 0.2) is 5.82 Å². The number of carbonyl (C=O) groups is 1. The lowest BCUT2D eigenvalue weighted by atomic mass is 10.1. The SMILES string of the molecule is CCn1ccc(NC(=O)c2cc(C)ccc2Br)n1. The largest absolute Gasteiger partial charge is 0.305 e. The summed E-state index contributed by atoms with van der Waals surface area (Å²) >= 11 is 3.38. The van der Waals surface area contributed by atoms with Crippen molar-refractivity contribution in [2.45, 2.75) is 20.4 Å². The molecule has 18 heavy (non-hydrogen) atoms. The van der Waals surface area contributed by atoms with Crippen LogP contribution >= 0.6 is 15.9 Å². The fraction of sp³-hybridized carbons (Fsp3) is 0.231. The summed E-state index contributed by atoms with van der Waals surface area (Å²) < 4.78 is 2.54. The van der Waals surface area contributed by atoms with E-state index in [-0.39, 0.29) is 5.91 Å². The van der Waals surface area contributed by atoms with E-state index in [1.54, 1.807) is 10.7 Å². The Labute approximate surface area is 114 Å². The summed E-state index contributed by atoms with van der Waals surface area (Å²) in [6, 6.07) is 7.45. The van der Waals surface area contributed by atoms with Crippen molar-refractivity contribution in [2.75, 3.05) is 5.32 Å². The monoisotopic (exact) mass is 307 g/mol. The van der Waals surface area contributed by atoms with Gasteiger partial charge in [0.25, 0.3) is 5.91 Å². The first-order chi connectivity index (χ1) is 8.60. The molecule has 0 aliphatic heterocycles. The van der Waals surface area contributed by atoms with Crippen molar-refractivity contribution in [1.82, 2.24) is 9.78 Å². The highest BCUT2D eigenvalue weighted by Gasteiger charge is 2.11. The molecular weight excluding hydrogens is 294 g/mol. The molecule has 0 radical (unpaired) electrons. The fourth-order valence-corrected chi connectivity index (χ4v) is 2.03. The number of nitrogens with zero attached hydrogens (tertiary/aromatic N) is 2. The first-order valence-corrected chi connectivity index (χ1v) is 6.50. The van der Waals surface area contributed by atoms with Gasteiger partial charge in [-0.25, -0.2) is 0 Å². The minimum atomic E-state index is -0.160. The standard InChI is InChI=1S/C13H14BrN3O/c1-3-17-7-6-12(16-17)15-13(18)10-8-9(2)4-5-11(10)14/h4-8H,3H2,1-2H3,(H,15,16,18). The van der Waals surface area contributed by atoms with Crippen molar-refractivity contribution >= 4 is 27.7 Å². The zero-order valence-electron chi connectivity index (χ0n) is 10.3. The predicted octanol–water partition coefficient (Wildman–Crippen LogP) is 3.23. The molecule has 0 fully saturated rings. The molecular formula is C13H14BrN3O. The maximum absolute atomic E-state index is 12.1. The number of hydrogen-bond acceptors (Lipinski definition) is 2. The Morgan fingerprint density at radius 2 is 2.22 bits per heavy atom. The molecule has 4 nitrogen and oxygen atoms in total. The average Bonchev–Trinajstić information content (AvgIpc) is 2.80. The van der Waals surface area contributed by atoms with E-state index in [0.29, 0.717) is 11.4 Å². The molecule has 94 valence electrons. The zero-order chi connectivity index (χ0) is 13.1.